The average Bonchev–Trinajstić information content (AvgIpc) is 2.73. The summed E-state index contributed by atoms with van der Waals surface area (Å²) in [5.74, 6) is 2.41. The van der Waals surface area contributed by atoms with Crippen LogP contribution in [0, 0.1) is 0 Å². The van der Waals surface area contributed by atoms with Crippen LogP contribution in [0.5, 0.6) is 11.5 Å². The van der Waals surface area contributed by atoms with Crippen LogP contribution < -0.4 is 20.1 Å². The fourth-order valence-corrected chi connectivity index (χ4v) is 3.13. The van der Waals surface area contributed by atoms with Crippen LogP contribution in [-0.4, -0.2) is 59.2 Å². The molecular formula is C21H35N3O4. The van der Waals surface area contributed by atoms with Crippen molar-refractivity contribution < 1.29 is 18.9 Å². The number of aliphatic imine (C=N–C) groups is 1. The van der Waals surface area contributed by atoms with Crippen LogP contribution in [0.15, 0.2) is 23.2 Å². The molecular weight excluding hydrogens is 358 g/mol. The summed E-state index contributed by atoms with van der Waals surface area (Å²) in [6, 6.07) is 5.82. The average molecular weight is 394 g/mol. The third-order valence-electron chi connectivity index (χ3n) is 4.70. The van der Waals surface area contributed by atoms with E-state index in [0.717, 1.165) is 68.6 Å². The SMILES string of the molecule is CCNC(=NCCCOC1CCOCC1)NC(C)c1cc(OC)ccc1OC. The molecule has 0 spiro atoms. The van der Waals surface area contributed by atoms with E-state index < -0.39 is 0 Å². The lowest BCUT2D eigenvalue weighted by molar-refractivity contribution is -0.0318. The fourth-order valence-electron chi connectivity index (χ4n) is 3.13. The Morgan fingerprint density at radius 2 is 2.04 bits per heavy atom. The zero-order chi connectivity index (χ0) is 20.2. The molecule has 0 saturated carbocycles. The molecule has 2 N–H and O–H groups in total. The summed E-state index contributed by atoms with van der Waals surface area (Å²) >= 11 is 0. The Morgan fingerprint density at radius 3 is 2.71 bits per heavy atom. The van der Waals surface area contributed by atoms with E-state index in [1.165, 1.54) is 0 Å². The molecule has 1 atom stereocenters. The number of benzene rings is 1. The molecule has 158 valence electrons. The lowest BCUT2D eigenvalue weighted by Gasteiger charge is -2.22. The van der Waals surface area contributed by atoms with Gasteiger partial charge < -0.3 is 29.6 Å². The van der Waals surface area contributed by atoms with Gasteiger partial charge in [-0.3, -0.25) is 4.99 Å². The van der Waals surface area contributed by atoms with Crippen molar-refractivity contribution in [1.29, 1.82) is 0 Å². The van der Waals surface area contributed by atoms with Gasteiger partial charge in [0.1, 0.15) is 11.5 Å². The molecule has 28 heavy (non-hydrogen) atoms. The predicted molar refractivity (Wildman–Crippen MR) is 111 cm³/mol. The van der Waals surface area contributed by atoms with Gasteiger partial charge in [0.05, 0.1) is 26.4 Å². The molecule has 1 aliphatic rings. The zero-order valence-electron chi connectivity index (χ0n) is 17.6. The number of nitrogens with zero attached hydrogens (tertiary/aromatic N) is 1. The Bertz CT molecular complexity index is 603. The standard InChI is InChI=1S/C21H35N3O4/c1-5-22-21(23-11-6-12-28-17-9-13-27-14-10-17)24-16(2)19-15-18(25-3)7-8-20(19)26-4/h7-8,15-17H,5-6,9-14H2,1-4H3,(H2,22,23,24). The van der Waals surface area contributed by atoms with Crippen molar-refractivity contribution in [3.8, 4) is 11.5 Å². The summed E-state index contributed by atoms with van der Waals surface area (Å²) in [5.41, 5.74) is 1.02. The zero-order valence-corrected chi connectivity index (χ0v) is 17.6. The van der Waals surface area contributed by atoms with Crippen LogP contribution in [0.3, 0.4) is 0 Å². The minimum Gasteiger partial charge on any atom is -0.497 e. The van der Waals surface area contributed by atoms with Gasteiger partial charge in [-0.2, -0.15) is 0 Å². The number of guanidine groups is 1. The summed E-state index contributed by atoms with van der Waals surface area (Å²) < 4.78 is 22.1. The topological polar surface area (TPSA) is 73.3 Å². The van der Waals surface area contributed by atoms with Gasteiger partial charge in [0.2, 0.25) is 0 Å². The van der Waals surface area contributed by atoms with Crippen LogP contribution in [0.2, 0.25) is 0 Å². The predicted octanol–water partition coefficient (Wildman–Crippen LogP) is 2.91. The van der Waals surface area contributed by atoms with E-state index in [1.54, 1.807) is 14.2 Å². The Hall–Kier alpha value is -1.99. The number of rotatable bonds is 10. The molecule has 1 aromatic rings. The van der Waals surface area contributed by atoms with E-state index in [9.17, 15) is 0 Å². The maximum atomic E-state index is 5.91. The van der Waals surface area contributed by atoms with E-state index in [1.807, 2.05) is 18.2 Å². The Morgan fingerprint density at radius 1 is 1.25 bits per heavy atom. The fraction of sp³-hybridized carbons (Fsp3) is 0.667. The molecule has 2 rings (SSSR count). The van der Waals surface area contributed by atoms with Gasteiger partial charge in [0.15, 0.2) is 5.96 Å². The second-order valence-corrected chi connectivity index (χ2v) is 6.77. The molecule has 0 aliphatic carbocycles. The maximum absolute atomic E-state index is 5.91. The van der Waals surface area contributed by atoms with Crippen molar-refractivity contribution in [3.63, 3.8) is 0 Å². The number of hydrogen-bond donors (Lipinski definition) is 2. The lowest BCUT2D eigenvalue weighted by atomic mass is 10.1. The molecule has 7 nitrogen and oxygen atoms in total. The largest absolute Gasteiger partial charge is 0.497 e. The first-order valence-corrected chi connectivity index (χ1v) is 10.1. The highest BCUT2D eigenvalue weighted by Crippen LogP contribution is 2.29. The summed E-state index contributed by atoms with van der Waals surface area (Å²) in [4.78, 5) is 4.68. The van der Waals surface area contributed by atoms with E-state index >= 15 is 0 Å². The van der Waals surface area contributed by atoms with Gasteiger partial charge >= 0.3 is 0 Å². The molecule has 0 amide bonds. The number of methoxy groups -OCH3 is 2. The molecule has 1 saturated heterocycles. The van der Waals surface area contributed by atoms with Crippen molar-refractivity contribution in [2.45, 2.75) is 45.3 Å². The van der Waals surface area contributed by atoms with Crippen LogP contribution in [0.25, 0.3) is 0 Å². The highest BCUT2D eigenvalue weighted by molar-refractivity contribution is 5.80. The molecule has 1 heterocycles. The minimum absolute atomic E-state index is 0.0151. The molecule has 7 heteroatoms. The van der Waals surface area contributed by atoms with Crippen LogP contribution in [-0.2, 0) is 9.47 Å². The quantitative estimate of drug-likeness (QED) is 0.362. The summed E-state index contributed by atoms with van der Waals surface area (Å²) in [6.07, 6.45) is 3.22. The van der Waals surface area contributed by atoms with Gasteiger partial charge in [-0.15, -0.1) is 0 Å². The number of ether oxygens (including phenoxy) is 4. The summed E-state index contributed by atoms with van der Waals surface area (Å²) in [6.45, 7) is 7.99. The van der Waals surface area contributed by atoms with E-state index in [0.29, 0.717) is 12.6 Å². The third kappa shape index (κ3) is 7.20. The van der Waals surface area contributed by atoms with E-state index in [4.69, 9.17) is 18.9 Å². The monoisotopic (exact) mass is 393 g/mol. The van der Waals surface area contributed by atoms with Gasteiger partial charge in [0, 0.05) is 38.5 Å². The molecule has 0 bridgehead atoms. The first-order chi connectivity index (χ1) is 13.7. The normalized spacial score (nSPS) is 16.5. The maximum Gasteiger partial charge on any atom is 0.191 e. The van der Waals surface area contributed by atoms with Gasteiger partial charge in [-0.25, -0.2) is 0 Å². The molecule has 0 aromatic heterocycles. The van der Waals surface area contributed by atoms with Crippen molar-refractivity contribution >= 4 is 5.96 Å². The highest BCUT2D eigenvalue weighted by Gasteiger charge is 2.15. The summed E-state index contributed by atoms with van der Waals surface area (Å²) in [5, 5.41) is 6.75. The first kappa shape index (κ1) is 22.3. The molecule has 1 unspecified atom stereocenters. The Balaban J connectivity index is 1.87. The summed E-state index contributed by atoms with van der Waals surface area (Å²) in [7, 11) is 3.34. The molecule has 0 radical (unpaired) electrons. The Labute approximate surface area is 168 Å². The smallest absolute Gasteiger partial charge is 0.191 e. The van der Waals surface area contributed by atoms with Gasteiger partial charge in [-0.05, 0) is 51.3 Å². The molecule has 1 aliphatic heterocycles. The molecule has 1 fully saturated rings. The second-order valence-electron chi connectivity index (χ2n) is 6.77. The van der Waals surface area contributed by atoms with Crippen LogP contribution in [0.1, 0.15) is 44.7 Å². The van der Waals surface area contributed by atoms with E-state index in [-0.39, 0.29) is 6.04 Å². The van der Waals surface area contributed by atoms with E-state index in [2.05, 4.69) is 29.5 Å². The lowest BCUT2D eigenvalue weighted by Crippen LogP contribution is -2.39. The van der Waals surface area contributed by atoms with Crippen molar-refractivity contribution in [3.05, 3.63) is 23.8 Å². The van der Waals surface area contributed by atoms with Gasteiger partial charge in [-0.1, -0.05) is 0 Å². The second kappa shape index (κ2) is 12.5. The number of hydrogen-bond acceptors (Lipinski definition) is 5. The van der Waals surface area contributed by atoms with Crippen molar-refractivity contribution in [1.82, 2.24) is 10.6 Å². The first-order valence-electron chi connectivity index (χ1n) is 10.1. The van der Waals surface area contributed by atoms with Crippen LogP contribution >= 0.6 is 0 Å². The van der Waals surface area contributed by atoms with Gasteiger partial charge in [0.25, 0.3) is 0 Å². The number of nitrogens with one attached hydrogen (secondary N) is 2. The van der Waals surface area contributed by atoms with Crippen LogP contribution in [0.4, 0.5) is 0 Å². The minimum atomic E-state index is 0.0151. The Kier molecular flexibility index (Phi) is 9.93. The highest BCUT2D eigenvalue weighted by atomic mass is 16.5. The molecule has 1 aromatic carbocycles. The van der Waals surface area contributed by atoms with Crippen molar-refractivity contribution in [2.24, 2.45) is 4.99 Å². The van der Waals surface area contributed by atoms with Crippen molar-refractivity contribution in [2.75, 3.05) is 47.1 Å². The third-order valence-corrected chi connectivity index (χ3v) is 4.70.